The van der Waals surface area contributed by atoms with Crippen molar-refractivity contribution >= 4 is 22.5 Å². The molecule has 11 heteroatoms. The number of hydrogen-bond donors (Lipinski definition) is 2. The molecule has 0 saturated carbocycles. The first-order chi connectivity index (χ1) is 18.9. The van der Waals surface area contributed by atoms with Gasteiger partial charge in [0.25, 0.3) is 5.91 Å². The van der Waals surface area contributed by atoms with E-state index in [4.69, 9.17) is 15.2 Å². The van der Waals surface area contributed by atoms with Crippen molar-refractivity contribution in [2.75, 3.05) is 20.0 Å². The van der Waals surface area contributed by atoms with E-state index in [1.165, 1.54) is 12.4 Å². The van der Waals surface area contributed by atoms with E-state index in [1.54, 1.807) is 36.0 Å². The van der Waals surface area contributed by atoms with Gasteiger partial charge >= 0.3 is 0 Å². The molecule has 39 heavy (non-hydrogen) atoms. The molecule has 0 aliphatic carbocycles. The van der Waals surface area contributed by atoms with E-state index >= 15 is 0 Å². The highest BCUT2D eigenvalue weighted by Crippen LogP contribution is 2.31. The Balaban J connectivity index is 1.29. The number of carbonyl (C=O) groups is 1. The number of halogens is 1. The second-order valence-corrected chi connectivity index (χ2v) is 9.02. The Hall–Kier alpha value is -4.77. The number of nitrogen functional groups attached to an aromatic ring is 1. The Kier molecular flexibility index (Phi) is 7.50. The Morgan fingerprint density at radius 2 is 1.74 bits per heavy atom. The molecular weight excluding hydrogens is 501 g/mol. The monoisotopic (exact) mass is 529 g/mol. The molecule has 0 spiro atoms. The number of anilines is 1. The van der Waals surface area contributed by atoms with Gasteiger partial charge in [-0.2, -0.15) is 10.2 Å². The van der Waals surface area contributed by atoms with E-state index in [9.17, 15) is 9.18 Å². The number of nitrogens with one attached hydrogen (secondary N) is 1. The summed E-state index contributed by atoms with van der Waals surface area (Å²) in [6.45, 7) is 1.38. The van der Waals surface area contributed by atoms with Crippen LogP contribution in [-0.2, 0) is 31.0 Å². The van der Waals surface area contributed by atoms with Crippen molar-refractivity contribution in [2.45, 2.75) is 26.2 Å². The minimum absolute atomic E-state index is 0.195. The molecule has 0 radical (unpaired) electrons. The standard InChI is InChI=1S/C28H28FN7O3/c1-38-17-25-24(28(37)32-11-20-7-8-23-22(26(20)39-2)9-10-31-27(23)30)16-36(34-25)14-19-5-3-18(4-6-19)13-35-15-21(29)12-33-35/h3-10,12,15-16H,11,13-14,17H2,1-2H3,(H2,30,31)(H,32,37). The van der Waals surface area contributed by atoms with Crippen molar-refractivity contribution in [3.63, 3.8) is 0 Å². The topological polar surface area (TPSA) is 122 Å². The summed E-state index contributed by atoms with van der Waals surface area (Å²) in [5, 5.41) is 13.1. The van der Waals surface area contributed by atoms with Crippen LogP contribution < -0.4 is 15.8 Å². The van der Waals surface area contributed by atoms with Gasteiger partial charge in [-0.15, -0.1) is 0 Å². The molecule has 1 amide bonds. The maximum atomic E-state index is 13.2. The van der Waals surface area contributed by atoms with Crippen molar-refractivity contribution in [3.8, 4) is 5.75 Å². The van der Waals surface area contributed by atoms with Gasteiger partial charge in [0.05, 0.1) is 44.8 Å². The first-order valence-electron chi connectivity index (χ1n) is 12.2. The van der Waals surface area contributed by atoms with Crippen LogP contribution in [0.5, 0.6) is 5.75 Å². The highest BCUT2D eigenvalue weighted by molar-refractivity contribution is 5.97. The van der Waals surface area contributed by atoms with Crippen molar-refractivity contribution in [1.82, 2.24) is 29.9 Å². The molecule has 2 aromatic carbocycles. The summed E-state index contributed by atoms with van der Waals surface area (Å²) in [5.74, 6) is 0.416. The van der Waals surface area contributed by atoms with Crippen LogP contribution in [0.4, 0.5) is 10.2 Å². The van der Waals surface area contributed by atoms with Crippen molar-refractivity contribution in [3.05, 3.63) is 101 Å². The fraction of sp³-hybridized carbons (Fsp3) is 0.214. The van der Waals surface area contributed by atoms with E-state index in [0.717, 1.165) is 27.5 Å². The van der Waals surface area contributed by atoms with Crippen LogP contribution in [0.2, 0.25) is 0 Å². The van der Waals surface area contributed by atoms with Gasteiger partial charge in [0.2, 0.25) is 0 Å². The summed E-state index contributed by atoms with van der Waals surface area (Å²) in [5.41, 5.74) is 9.77. The van der Waals surface area contributed by atoms with Crippen molar-refractivity contribution < 1.29 is 18.7 Å². The van der Waals surface area contributed by atoms with E-state index < -0.39 is 0 Å². The molecule has 0 saturated heterocycles. The lowest BCUT2D eigenvalue weighted by Crippen LogP contribution is -2.24. The first-order valence-corrected chi connectivity index (χ1v) is 12.2. The summed E-state index contributed by atoms with van der Waals surface area (Å²) in [4.78, 5) is 17.3. The van der Waals surface area contributed by atoms with Gasteiger partial charge in [0.15, 0.2) is 5.82 Å². The fourth-order valence-electron chi connectivity index (χ4n) is 4.47. The predicted molar refractivity (Wildman–Crippen MR) is 144 cm³/mol. The SMILES string of the molecule is COCc1nn(Cc2ccc(Cn3cc(F)cn3)cc2)cc1C(=O)NCc1ccc2c(N)nccc2c1OC. The molecule has 3 heterocycles. The first kappa shape index (κ1) is 25.9. The van der Waals surface area contributed by atoms with Gasteiger partial charge in [-0.1, -0.05) is 36.4 Å². The molecule has 200 valence electrons. The van der Waals surface area contributed by atoms with E-state index in [1.807, 2.05) is 42.5 Å². The van der Waals surface area contributed by atoms with Crippen LogP contribution in [0, 0.1) is 5.82 Å². The van der Waals surface area contributed by atoms with Gasteiger partial charge in [-0.3, -0.25) is 14.2 Å². The molecule has 5 aromatic rings. The second kappa shape index (κ2) is 11.3. The molecule has 10 nitrogen and oxygen atoms in total. The van der Waals surface area contributed by atoms with E-state index in [0.29, 0.717) is 35.9 Å². The highest BCUT2D eigenvalue weighted by atomic mass is 19.1. The minimum Gasteiger partial charge on any atom is -0.496 e. The quantitative estimate of drug-likeness (QED) is 0.284. The molecule has 0 atom stereocenters. The largest absolute Gasteiger partial charge is 0.496 e. The van der Waals surface area contributed by atoms with E-state index in [-0.39, 0.29) is 24.9 Å². The Morgan fingerprint density at radius 1 is 1.00 bits per heavy atom. The summed E-state index contributed by atoms with van der Waals surface area (Å²) in [6, 6.07) is 13.4. The van der Waals surface area contributed by atoms with Gasteiger partial charge in [0.1, 0.15) is 17.3 Å². The van der Waals surface area contributed by atoms with Crippen molar-refractivity contribution in [2.24, 2.45) is 0 Å². The number of nitrogens with two attached hydrogens (primary N) is 1. The third-order valence-corrected chi connectivity index (χ3v) is 6.33. The average molecular weight is 530 g/mol. The molecule has 3 aromatic heterocycles. The van der Waals surface area contributed by atoms with Gasteiger partial charge in [0, 0.05) is 42.4 Å². The zero-order valence-corrected chi connectivity index (χ0v) is 21.6. The zero-order chi connectivity index (χ0) is 27.4. The minimum atomic E-state index is -0.365. The molecule has 0 aliphatic rings. The molecule has 0 fully saturated rings. The third-order valence-electron chi connectivity index (χ3n) is 6.33. The number of carbonyl (C=O) groups excluding carboxylic acids is 1. The molecule has 0 bridgehead atoms. The highest BCUT2D eigenvalue weighted by Gasteiger charge is 2.18. The number of nitrogens with zero attached hydrogens (tertiary/aromatic N) is 5. The van der Waals surface area contributed by atoms with Crippen LogP contribution >= 0.6 is 0 Å². The number of amides is 1. The van der Waals surface area contributed by atoms with Crippen LogP contribution in [-0.4, -0.2) is 44.7 Å². The second-order valence-electron chi connectivity index (χ2n) is 9.02. The number of hydrogen-bond acceptors (Lipinski definition) is 7. The van der Waals surface area contributed by atoms with Crippen LogP contribution in [0.15, 0.2) is 67.3 Å². The average Bonchev–Trinajstić information content (AvgIpc) is 3.53. The molecule has 0 aliphatic heterocycles. The smallest absolute Gasteiger partial charge is 0.255 e. The maximum Gasteiger partial charge on any atom is 0.255 e. The summed E-state index contributed by atoms with van der Waals surface area (Å²) >= 11 is 0. The number of fused-ring (bicyclic) bond motifs is 1. The lowest BCUT2D eigenvalue weighted by molar-refractivity contribution is 0.0945. The Labute approximate surface area is 224 Å². The summed E-state index contributed by atoms with van der Waals surface area (Å²) in [7, 11) is 3.15. The number of benzene rings is 2. The van der Waals surface area contributed by atoms with Gasteiger partial charge < -0.3 is 20.5 Å². The number of methoxy groups -OCH3 is 2. The molecule has 3 N–H and O–H groups in total. The predicted octanol–water partition coefficient (Wildman–Crippen LogP) is 3.53. The number of ether oxygens (including phenoxy) is 2. The molecule has 5 rings (SSSR count). The Morgan fingerprint density at radius 3 is 2.41 bits per heavy atom. The molecule has 0 unspecified atom stereocenters. The maximum absolute atomic E-state index is 13.2. The van der Waals surface area contributed by atoms with Crippen molar-refractivity contribution in [1.29, 1.82) is 0 Å². The zero-order valence-electron chi connectivity index (χ0n) is 21.6. The normalized spacial score (nSPS) is 11.2. The van der Waals surface area contributed by atoms with E-state index in [2.05, 4.69) is 20.5 Å². The Bertz CT molecular complexity index is 1610. The third kappa shape index (κ3) is 5.73. The van der Waals surface area contributed by atoms with Crippen LogP contribution in [0.3, 0.4) is 0 Å². The number of aromatic nitrogens is 5. The molecular formula is C28H28FN7O3. The van der Waals surface area contributed by atoms with Gasteiger partial charge in [-0.05, 0) is 17.2 Å². The summed E-state index contributed by atoms with van der Waals surface area (Å²) < 4.78 is 27.4. The van der Waals surface area contributed by atoms with Crippen LogP contribution in [0.1, 0.15) is 32.7 Å². The fourth-order valence-corrected chi connectivity index (χ4v) is 4.47. The summed E-state index contributed by atoms with van der Waals surface area (Å²) in [6.07, 6.45) is 5.88. The van der Waals surface area contributed by atoms with Crippen LogP contribution in [0.25, 0.3) is 10.8 Å². The number of rotatable bonds is 10. The lowest BCUT2D eigenvalue weighted by atomic mass is 10.1. The number of pyridine rings is 1. The van der Waals surface area contributed by atoms with Gasteiger partial charge in [-0.25, -0.2) is 9.37 Å². The lowest BCUT2D eigenvalue weighted by Gasteiger charge is -2.13.